The first-order valence-corrected chi connectivity index (χ1v) is 7.60. The van der Waals surface area contributed by atoms with Gasteiger partial charge in [-0.15, -0.1) is 24.8 Å². The zero-order valence-electron chi connectivity index (χ0n) is 14.4. The minimum absolute atomic E-state index is 0. The first-order chi connectivity index (χ1) is 9.87. The maximum absolute atomic E-state index is 12.4. The van der Waals surface area contributed by atoms with E-state index in [0.717, 1.165) is 19.5 Å². The Balaban J connectivity index is 0.00000242. The lowest BCUT2D eigenvalue weighted by Crippen LogP contribution is -2.50. The van der Waals surface area contributed by atoms with Gasteiger partial charge < -0.3 is 15.5 Å². The normalized spacial score (nSPS) is 16.8. The van der Waals surface area contributed by atoms with E-state index in [0.29, 0.717) is 6.54 Å². The van der Waals surface area contributed by atoms with Crippen LogP contribution in [0.25, 0.3) is 0 Å². The SMILES string of the molecule is CN(C)CC(C)(C)CNC(=O)C1Cc2ccccc2CN1.Cl.Cl. The van der Waals surface area contributed by atoms with Crippen molar-refractivity contribution in [2.24, 2.45) is 5.41 Å². The molecular weight excluding hydrogens is 333 g/mol. The maximum atomic E-state index is 12.4. The average Bonchev–Trinajstić information content (AvgIpc) is 2.43. The minimum atomic E-state index is -0.116. The van der Waals surface area contributed by atoms with Crippen molar-refractivity contribution in [1.29, 1.82) is 0 Å². The van der Waals surface area contributed by atoms with Crippen LogP contribution in [0.4, 0.5) is 0 Å². The average molecular weight is 362 g/mol. The van der Waals surface area contributed by atoms with Crippen LogP contribution in [-0.2, 0) is 17.8 Å². The summed E-state index contributed by atoms with van der Waals surface area (Å²) >= 11 is 0. The van der Waals surface area contributed by atoms with E-state index in [9.17, 15) is 4.79 Å². The van der Waals surface area contributed by atoms with Gasteiger partial charge in [0, 0.05) is 19.6 Å². The molecule has 1 atom stereocenters. The molecule has 0 aromatic heterocycles. The van der Waals surface area contributed by atoms with Crippen LogP contribution in [0.2, 0.25) is 0 Å². The van der Waals surface area contributed by atoms with Gasteiger partial charge in [-0.25, -0.2) is 0 Å². The molecule has 0 aliphatic carbocycles. The second-order valence-electron chi connectivity index (χ2n) is 7.03. The third kappa shape index (κ3) is 6.68. The van der Waals surface area contributed by atoms with Crippen LogP contribution >= 0.6 is 24.8 Å². The highest BCUT2D eigenvalue weighted by molar-refractivity contribution is 5.85. The van der Waals surface area contributed by atoms with Crippen molar-refractivity contribution in [2.75, 3.05) is 27.2 Å². The van der Waals surface area contributed by atoms with E-state index in [1.54, 1.807) is 0 Å². The monoisotopic (exact) mass is 361 g/mol. The predicted octanol–water partition coefficient (Wildman–Crippen LogP) is 2.25. The van der Waals surface area contributed by atoms with E-state index in [-0.39, 0.29) is 42.2 Å². The number of rotatable bonds is 5. The number of fused-ring (bicyclic) bond motifs is 1. The smallest absolute Gasteiger partial charge is 0.237 e. The van der Waals surface area contributed by atoms with Crippen LogP contribution in [0.15, 0.2) is 24.3 Å². The van der Waals surface area contributed by atoms with Crippen LogP contribution in [0, 0.1) is 5.41 Å². The maximum Gasteiger partial charge on any atom is 0.237 e. The molecule has 1 unspecified atom stereocenters. The molecule has 4 nitrogen and oxygen atoms in total. The highest BCUT2D eigenvalue weighted by Crippen LogP contribution is 2.17. The number of carbonyl (C=O) groups excluding carboxylic acids is 1. The predicted molar refractivity (Wildman–Crippen MR) is 101 cm³/mol. The lowest BCUT2D eigenvalue weighted by molar-refractivity contribution is -0.123. The summed E-state index contributed by atoms with van der Waals surface area (Å²) in [5.41, 5.74) is 2.66. The van der Waals surface area contributed by atoms with E-state index in [1.807, 2.05) is 12.1 Å². The number of amides is 1. The summed E-state index contributed by atoms with van der Waals surface area (Å²) in [5.74, 6) is 0.108. The van der Waals surface area contributed by atoms with Crippen molar-refractivity contribution in [3.63, 3.8) is 0 Å². The van der Waals surface area contributed by atoms with Crippen LogP contribution in [0.1, 0.15) is 25.0 Å². The van der Waals surface area contributed by atoms with Crippen LogP contribution in [0.5, 0.6) is 0 Å². The summed E-state index contributed by atoms with van der Waals surface area (Å²) in [4.78, 5) is 14.5. The van der Waals surface area contributed by atoms with Gasteiger partial charge in [0.25, 0.3) is 0 Å². The number of carbonyl (C=O) groups is 1. The standard InChI is InChI=1S/C17H27N3O.2ClH/c1-17(2,12-20(3)4)11-19-16(21)15-9-13-7-5-6-8-14(13)10-18-15;;/h5-8,15,18H,9-12H2,1-4H3,(H,19,21);2*1H. The highest BCUT2D eigenvalue weighted by Gasteiger charge is 2.26. The van der Waals surface area contributed by atoms with E-state index in [2.05, 4.69) is 55.6 Å². The zero-order chi connectivity index (χ0) is 15.5. The number of benzene rings is 1. The molecule has 6 heteroatoms. The number of nitrogens with one attached hydrogen (secondary N) is 2. The summed E-state index contributed by atoms with van der Waals surface area (Å²) in [6.07, 6.45) is 0.774. The lowest BCUT2D eigenvalue weighted by Gasteiger charge is -2.30. The number of nitrogens with zero attached hydrogens (tertiary/aromatic N) is 1. The molecule has 132 valence electrons. The van der Waals surface area contributed by atoms with Crippen LogP contribution in [-0.4, -0.2) is 44.0 Å². The molecular formula is C17H29Cl2N3O. The fraction of sp³-hybridized carbons (Fsp3) is 0.588. The molecule has 23 heavy (non-hydrogen) atoms. The second-order valence-corrected chi connectivity index (χ2v) is 7.03. The molecule has 1 aliphatic heterocycles. The molecule has 0 saturated carbocycles. The van der Waals surface area contributed by atoms with E-state index in [4.69, 9.17) is 0 Å². The summed E-state index contributed by atoms with van der Waals surface area (Å²) in [6, 6.07) is 8.21. The molecule has 1 aliphatic rings. The van der Waals surface area contributed by atoms with E-state index in [1.165, 1.54) is 11.1 Å². The molecule has 1 aromatic carbocycles. The highest BCUT2D eigenvalue weighted by atomic mass is 35.5. The molecule has 0 radical (unpaired) electrons. The Kier molecular flexibility index (Phi) is 9.14. The molecule has 0 spiro atoms. The molecule has 2 N–H and O–H groups in total. The molecule has 2 rings (SSSR count). The number of hydrogen-bond acceptors (Lipinski definition) is 3. The van der Waals surface area contributed by atoms with Crippen LogP contribution in [0.3, 0.4) is 0 Å². The van der Waals surface area contributed by atoms with Crippen molar-refractivity contribution in [3.05, 3.63) is 35.4 Å². The van der Waals surface area contributed by atoms with Gasteiger partial charge in [-0.3, -0.25) is 4.79 Å². The topological polar surface area (TPSA) is 44.4 Å². The largest absolute Gasteiger partial charge is 0.354 e. The number of halogens is 2. The molecule has 0 saturated heterocycles. The fourth-order valence-corrected chi connectivity index (χ4v) is 3.00. The molecule has 1 aromatic rings. The summed E-state index contributed by atoms with van der Waals surface area (Å²) in [6.45, 7) is 6.78. The Morgan fingerprint density at radius 3 is 2.48 bits per heavy atom. The van der Waals surface area contributed by atoms with Gasteiger partial charge in [0.15, 0.2) is 0 Å². The van der Waals surface area contributed by atoms with Gasteiger partial charge in [0.05, 0.1) is 6.04 Å². The summed E-state index contributed by atoms with van der Waals surface area (Å²) in [5, 5.41) is 6.43. The summed E-state index contributed by atoms with van der Waals surface area (Å²) in [7, 11) is 4.12. The van der Waals surface area contributed by atoms with Gasteiger partial charge in [-0.2, -0.15) is 0 Å². The Bertz CT molecular complexity index is 506. The van der Waals surface area contributed by atoms with Crippen LogP contribution < -0.4 is 10.6 Å². The third-order valence-electron chi connectivity index (χ3n) is 3.88. The molecule has 0 bridgehead atoms. The first kappa shape index (κ1) is 22.2. The first-order valence-electron chi connectivity index (χ1n) is 7.60. The van der Waals surface area contributed by atoms with Crippen molar-refractivity contribution < 1.29 is 4.79 Å². The quantitative estimate of drug-likeness (QED) is 0.845. The lowest BCUT2D eigenvalue weighted by atomic mass is 9.92. The van der Waals surface area contributed by atoms with Gasteiger partial charge in [0.1, 0.15) is 0 Å². The van der Waals surface area contributed by atoms with Crippen molar-refractivity contribution in [2.45, 2.75) is 32.9 Å². The van der Waals surface area contributed by atoms with Gasteiger partial charge in [0.2, 0.25) is 5.91 Å². The Labute approximate surface area is 152 Å². The second kappa shape index (κ2) is 9.48. The Morgan fingerprint density at radius 2 is 1.87 bits per heavy atom. The van der Waals surface area contributed by atoms with Crippen molar-refractivity contribution in [1.82, 2.24) is 15.5 Å². The summed E-state index contributed by atoms with van der Waals surface area (Å²) < 4.78 is 0. The third-order valence-corrected chi connectivity index (χ3v) is 3.88. The van der Waals surface area contributed by atoms with Gasteiger partial charge >= 0.3 is 0 Å². The number of hydrogen-bond donors (Lipinski definition) is 2. The van der Waals surface area contributed by atoms with Crippen molar-refractivity contribution in [3.8, 4) is 0 Å². The molecule has 1 amide bonds. The Hall–Kier alpha value is -0.810. The van der Waals surface area contributed by atoms with Gasteiger partial charge in [-0.05, 0) is 37.1 Å². The van der Waals surface area contributed by atoms with Crippen molar-refractivity contribution >= 4 is 30.7 Å². The van der Waals surface area contributed by atoms with Gasteiger partial charge in [-0.1, -0.05) is 38.1 Å². The zero-order valence-corrected chi connectivity index (χ0v) is 16.0. The molecule has 1 heterocycles. The fourth-order valence-electron chi connectivity index (χ4n) is 3.00. The minimum Gasteiger partial charge on any atom is -0.354 e. The molecule has 0 fully saturated rings. The Morgan fingerprint density at radius 1 is 1.26 bits per heavy atom. The van der Waals surface area contributed by atoms with E-state index >= 15 is 0 Å². The van der Waals surface area contributed by atoms with E-state index < -0.39 is 0 Å².